The van der Waals surface area contributed by atoms with Gasteiger partial charge in [-0.1, -0.05) is 0 Å². The van der Waals surface area contributed by atoms with Gasteiger partial charge in [0.05, 0.1) is 17.4 Å². The van der Waals surface area contributed by atoms with Crippen molar-refractivity contribution in [2.45, 2.75) is 26.9 Å². The lowest BCUT2D eigenvalue weighted by Gasteiger charge is -2.14. The Hall–Kier alpha value is -2.63. The molecule has 0 atom stereocenters. The summed E-state index contributed by atoms with van der Waals surface area (Å²) in [5.41, 5.74) is 13.8. The number of ether oxygens (including phenoxy) is 1. The van der Waals surface area contributed by atoms with E-state index in [0.717, 1.165) is 11.3 Å². The number of nitrogen functional groups attached to an aromatic ring is 2. The van der Waals surface area contributed by atoms with Crippen molar-refractivity contribution in [3.8, 4) is 5.75 Å². The zero-order chi connectivity index (χ0) is 15.6. The van der Waals surface area contributed by atoms with Gasteiger partial charge in [-0.2, -0.15) is 0 Å². The van der Waals surface area contributed by atoms with Crippen LogP contribution >= 0.6 is 0 Å². The molecule has 1 aromatic heterocycles. The van der Waals surface area contributed by atoms with E-state index in [1.54, 1.807) is 6.07 Å². The van der Waals surface area contributed by atoms with Crippen molar-refractivity contribution >= 4 is 17.3 Å². The molecule has 1 aromatic carbocycles. The van der Waals surface area contributed by atoms with Crippen LogP contribution in [0, 0.1) is 12.3 Å². The van der Waals surface area contributed by atoms with Gasteiger partial charge in [-0.25, -0.2) is 9.97 Å². The first-order chi connectivity index (χ1) is 9.90. The summed E-state index contributed by atoms with van der Waals surface area (Å²) in [6, 6.07) is 5.51. The van der Waals surface area contributed by atoms with Crippen LogP contribution < -0.4 is 16.2 Å². The van der Waals surface area contributed by atoms with E-state index in [1.807, 2.05) is 32.9 Å². The highest BCUT2D eigenvalue weighted by atomic mass is 16.5. The molecule has 110 valence electrons. The van der Waals surface area contributed by atoms with Gasteiger partial charge in [0.1, 0.15) is 23.7 Å². The van der Waals surface area contributed by atoms with Crippen LogP contribution in [0.4, 0.5) is 11.6 Å². The second-order valence-corrected chi connectivity index (χ2v) is 5.04. The summed E-state index contributed by atoms with van der Waals surface area (Å²) in [5, 5.41) is 8.28. The van der Waals surface area contributed by atoms with Crippen molar-refractivity contribution < 1.29 is 4.74 Å². The maximum Gasteiger partial charge on any atom is 0.138 e. The Morgan fingerprint density at radius 2 is 1.81 bits per heavy atom. The van der Waals surface area contributed by atoms with Crippen LogP contribution in [0.3, 0.4) is 0 Å². The van der Waals surface area contributed by atoms with Gasteiger partial charge in [-0.3, -0.25) is 5.41 Å². The van der Waals surface area contributed by atoms with E-state index in [-0.39, 0.29) is 23.5 Å². The molecule has 0 spiro atoms. The number of nitrogens with one attached hydrogen (secondary N) is 1. The predicted molar refractivity (Wildman–Crippen MR) is 83.7 cm³/mol. The minimum absolute atomic E-state index is 0.0998. The lowest BCUT2D eigenvalue weighted by Crippen LogP contribution is -2.12. The van der Waals surface area contributed by atoms with Crippen molar-refractivity contribution in [2.75, 3.05) is 11.5 Å². The molecule has 5 N–H and O–H groups in total. The summed E-state index contributed by atoms with van der Waals surface area (Å²) < 4.78 is 5.69. The smallest absolute Gasteiger partial charge is 0.138 e. The van der Waals surface area contributed by atoms with E-state index in [2.05, 4.69) is 9.97 Å². The molecule has 0 radical (unpaired) electrons. The van der Waals surface area contributed by atoms with Gasteiger partial charge in [0.15, 0.2) is 0 Å². The van der Waals surface area contributed by atoms with Crippen molar-refractivity contribution in [1.82, 2.24) is 9.97 Å². The van der Waals surface area contributed by atoms with Crippen LogP contribution in [0.5, 0.6) is 5.75 Å². The maximum atomic E-state index is 8.28. The van der Waals surface area contributed by atoms with Gasteiger partial charge in [0.25, 0.3) is 0 Å². The number of aromatic nitrogens is 2. The molecule has 2 rings (SSSR count). The van der Waals surface area contributed by atoms with Gasteiger partial charge in [0.2, 0.25) is 0 Å². The second-order valence-electron chi connectivity index (χ2n) is 5.04. The fraction of sp³-hybridized carbons (Fsp3) is 0.267. The minimum atomic E-state index is 0.0998. The van der Waals surface area contributed by atoms with Crippen LogP contribution in [-0.2, 0) is 0 Å². The second kappa shape index (κ2) is 5.78. The molecule has 1 heterocycles. The molecular weight excluding hydrogens is 266 g/mol. The largest absolute Gasteiger partial charge is 0.491 e. The Morgan fingerprint density at radius 3 is 2.33 bits per heavy atom. The number of rotatable bonds is 4. The Bertz CT molecular complexity index is 662. The minimum Gasteiger partial charge on any atom is -0.491 e. The summed E-state index contributed by atoms with van der Waals surface area (Å²) >= 11 is 0. The molecule has 2 aromatic rings. The van der Waals surface area contributed by atoms with Gasteiger partial charge in [0, 0.05) is 5.56 Å². The number of nitrogens with two attached hydrogens (primary N) is 2. The Labute approximate surface area is 123 Å². The maximum absolute atomic E-state index is 8.28. The van der Waals surface area contributed by atoms with E-state index in [1.165, 1.54) is 6.33 Å². The SMILES string of the molecule is Cc1cc(C(=N)c2c(N)ncnc2N)ccc1OC(C)C. The molecule has 0 aliphatic carbocycles. The Balaban J connectivity index is 2.39. The Morgan fingerprint density at radius 1 is 1.19 bits per heavy atom. The molecule has 6 nitrogen and oxygen atoms in total. The van der Waals surface area contributed by atoms with Crippen LogP contribution in [0.2, 0.25) is 0 Å². The summed E-state index contributed by atoms with van der Waals surface area (Å²) in [5.74, 6) is 1.20. The zero-order valence-electron chi connectivity index (χ0n) is 12.3. The Kier molecular flexibility index (Phi) is 4.07. The number of hydrogen-bond acceptors (Lipinski definition) is 6. The summed E-state index contributed by atoms with van der Waals surface area (Å²) in [7, 11) is 0. The first-order valence-corrected chi connectivity index (χ1v) is 6.62. The average Bonchev–Trinajstić information content (AvgIpc) is 2.40. The fourth-order valence-electron chi connectivity index (χ4n) is 2.01. The highest BCUT2D eigenvalue weighted by molar-refractivity contribution is 6.16. The summed E-state index contributed by atoms with van der Waals surface area (Å²) in [6.07, 6.45) is 1.38. The molecule has 0 saturated heterocycles. The lowest BCUT2D eigenvalue weighted by atomic mass is 10.0. The average molecular weight is 285 g/mol. The zero-order valence-corrected chi connectivity index (χ0v) is 12.3. The quantitative estimate of drug-likeness (QED) is 0.745. The van der Waals surface area contributed by atoms with Crippen LogP contribution in [-0.4, -0.2) is 21.8 Å². The van der Waals surface area contributed by atoms with Crippen molar-refractivity contribution in [2.24, 2.45) is 0 Å². The third-order valence-corrected chi connectivity index (χ3v) is 2.98. The highest BCUT2D eigenvalue weighted by Crippen LogP contribution is 2.24. The van der Waals surface area contributed by atoms with E-state index in [0.29, 0.717) is 11.1 Å². The van der Waals surface area contributed by atoms with Gasteiger partial charge in [-0.15, -0.1) is 0 Å². The van der Waals surface area contributed by atoms with Crippen LogP contribution in [0.1, 0.15) is 30.5 Å². The molecule has 0 aliphatic heterocycles. The molecular formula is C15H19N5O. The lowest BCUT2D eigenvalue weighted by molar-refractivity contribution is 0.241. The number of nitrogens with zero attached hydrogens (tertiary/aromatic N) is 2. The number of benzene rings is 1. The molecule has 0 fully saturated rings. The number of aryl methyl sites for hydroxylation is 1. The topological polar surface area (TPSA) is 111 Å². The van der Waals surface area contributed by atoms with Gasteiger partial charge < -0.3 is 16.2 Å². The predicted octanol–water partition coefficient (Wildman–Crippen LogP) is 2.15. The third-order valence-electron chi connectivity index (χ3n) is 2.98. The summed E-state index contributed by atoms with van der Waals surface area (Å²) in [6.45, 7) is 5.87. The van der Waals surface area contributed by atoms with Crippen LogP contribution in [0.25, 0.3) is 0 Å². The first-order valence-electron chi connectivity index (χ1n) is 6.62. The number of anilines is 2. The highest BCUT2D eigenvalue weighted by Gasteiger charge is 2.15. The molecule has 0 aliphatic rings. The van der Waals surface area contributed by atoms with E-state index in [9.17, 15) is 0 Å². The summed E-state index contributed by atoms with van der Waals surface area (Å²) in [4.78, 5) is 7.77. The van der Waals surface area contributed by atoms with Gasteiger partial charge in [-0.05, 0) is 44.5 Å². The molecule has 0 amide bonds. The first kappa shape index (κ1) is 14.8. The van der Waals surface area contributed by atoms with Crippen LogP contribution in [0.15, 0.2) is 24.5 Å². The molecule has 6 heteroatoms. The standard InChI is InChI=1S/C15H19N5O/c1-8(2)21-11-5-4-10(6-9(11)3)13(16)12-14(17)19-7-20-15(12)18/h4-8,16H,1-3H3,(H4,17,18,19,20). The van der Waals surface area contributed by atoms with Gasteiger partial charge >= 0.3 is 0 Å². The fourth-order valence-corrected chi connectivity index (χ4v) is 2.01. The van der Waals surface area contributed by atoms with E-state index >= 15 is 0 Å². The normalized spacial score (nSPS) is 10.7. The number of hydrogen-bond donors (Lipinski definition) is 3. The van der Waals surface area contributed by atoms with E-state index < -0.39 is 0 Å². The van der Waals surface area contributed by atoms with Crippen molar-refractivity contribution in [3.63, 3.8) is 0 Å². The van der Waals surface area contributed by atoms with Crippen molar-refractivity contribution in [3.05, 3.63) is 41.2 Å². The monoisotopic (exact) mass is 285 g/mol. The third kappa shape index (κ3) is 3.10. The molecule has 0 unspecified atom stereocenters. The van der Waals surface area contributed by atoms with Crippen molar-refractivity contribution in [1.29, 1.82) is 5.41 Å². The molecule has 21 heavy (non-hydrogen) atoms. The molecule has 0 bridgehead atoms. The molecule has 0 saturated carbocycles. The van der Waals surface area contributed by atoms with E-state index in [4.69, 9.17) is 21.6 Å².